The summed E-state index contributed by atoms with van der Waals surface area (Å²) in [6.45, 7) is 8.30. The third-order valence-corrected chi connectivity index (χ3v) is 4.02. The Hall–Kier alpha value is -2.57. The lowest BCUT2D eigenvalue weighted by molar-refractivity contribution is -0.137. The van der Waals surface area contributed by atoms with Crippen LogP contribution in [0.4, 0.5) is 4.79 Å². The fraction of sp³-hybridized carbons (Fsp3) is 0.550. The van der Waals surface area contributed by atoms with Gasteiger partial charge in [0.2, 0.25) is 0 Å². The first-order valence-corrected chi connectivity index (χ1v) is 9.15. The van der Waals surface area contributed by atoms with E-state index >= 15 is 0 Å². The second-order valence-corrected chi connectivity index (χ2v) is 7.35. The number of nitrogens with zero attached hydrogens (tertiary/aromatic N) is 1. The Morgan fingerprint density at radius 3 is 2.41 bits per heavy atom. The van der Waals surface area contributed by atoms with Crippen LogP contribution in [0.15, 0.2) is 24.3 Å². The van der Waals surface area contributed by atoms with Gasteiger partial charge in [-0.1, -0.05) is 0 Å². The molecule has 0 aliphatic carbocycles. The summed E-state index contributed by atoms with van der Waals surface area (Å²) in [5.41, 5.74) is -0.288. The van der Waals surface area contributed by atoms with Crippen molar-refractivity contribution in [3.05, 3.63) is 29.8 Å². The first-order chi connectivity index (χ1) is 12.7. The molecule has 2 rings (SSSR count). The molecule has 0 unspecified atom stereocenters. The number of Topliss-reactive ketones (excluding diaryl/α,β-unsaturated/α-hetero) is 1. The highest BCUT2D eigenvalue weighted by Gasteiger charge is 2.32. The van der Waals surface area contributed by atoms with Crippen molar-refractivity contribution in [1.82, 2.24) is 4.90 Å². The molecular formula is C20H27NO6. The molecule has 0 bridgehead atoms. The number of carbonyl (C=O) groups is 3. The molecule has 1 saturated heterocycles. The Morgan fingerprint density at radius 2 is 1.81 bits per heavy atom. The summed E-state index contributed by atoms with van der Waals surface area (Å²) >= 11 is 0. The zero-order chi connectivity index (χ0) is 20.0. The smallest absolute Gasteiger partial charge is 0.410 e. The number of carbonyl (C=O) groups excluding carboxylic acids is 3. The lowest BCUT2D eigenvalue weighted by Crippen LogP contribution is -2.42. The average Bonchev–Trinajstić information content (AvgIpc) is 3.07. The number of ether oxygens (including phenoxy) is 3. The van der Waals surface area contributed by atoms with Gasteiger partial charge in [-0.3, -0.25) is 4.79 Å². The van der Waals surface area contributed by atoms with E-state index in [2.05, 4.69) is 0 Å². The molecule has 0 radical (unpaired) electrons. The number of hydrogen-bond acceptors (Lipinski definition) is 6. The molecule has 7 nitrogen and oxygen atoms in total. The van der Waals surface area contributed by atoms with E-state index in [1.807, 2.05) is 20.8 Å². The van der Waals surface area contributed by atoms with Crippen molar-refractivity contribution in [3.8, 4) is 5.75 Å². The minimum Gasteiger partial charge on any atom is -0.491 e. The number of benzene rings is 1. The Kier molecular flexibility index (Phi) is 6.82. The summed E-state index contributed by atoms with van der Waals surface area (Å²) in [5.74, 6) is -0.994. The molecule has 1 aromatic carbocycles. The van der Waals surface area contributed by atoms with Crippen molar-refractivity contribution >= 4 is 17.8 Å². The van der Waals surface area contributed by atoms with Gasteiger partial charge in [0.25, 0.3) is 5.78 Å². The zero-order valence-corrected chi connectivity index (χ0v) is 16.3. The van der Waals surface area contributed by atoms with E-state index in [4.69, 9.17) is 14.2 Å². The Balaban J connectivity index is 1.91. The summed E-state index contributed by atoms with van der Waals surface area (Å²) in [6.07, 6.45) is 1.42. The minimum atomic E-state index is -0.870. The van der Waals surface area contributed by atoms with Crippen molar-refractivity contribution in [2.45, 2.75) is 52.2 Å². The first kappa shape index (κ1) is 20.7. The maximum absolute atomic E-state index is 12.3. The summed E-state index contributed by atoms with van der Waals surface area (Å²) < 4.78 is 15.9. The zero-order valence-electron chi connectivity index (χ0n) is 16.3. The topological polar surface area (TPSA) is 82.1 Å². The van der Waals surface area contributed by atoms with Crippen LogP contribution in [-0.2, 0) is 14.3 Å². The predicted octanol–water partition coefficient (Wildman–Crippen LogP) is 3.21. The van der Waals surface area contributed by atoms with Crippen LogP contribution in [0.5, 0.6) is 5.75 Å². The normalized spacial score (nSPS) is 16.7. The van der Waals surface area contributed by atoms with Gasteiger partial charge in [0.1, 0.15) is 18.0 Å². The molecule has 1 heterocycles. The van der Waals surface area contributed by atoms with Crippen LogP contribution in [-0.4, -0.2) is 54.1 Å². The van der Waals surface area contributed by atoms with E-state index < -0.39 is 17.4 Å². The van der Waals surface area contributed by atoms with Crippen molar-refractivity contribution < 1.29 is 28.6 Å². The van der Waals surface area contributed by atoms with Crippen molar-refractivity contribution in [2.75, 3.05) is 19.8 Å². The third kappa shape index (κ3) is 5.98. The number of likely N-dealkylation sites (tertiary alicyclic amines) is 1. The van der Waals surface area contributed by atoms with Crippen LogP contribution in [0.3, 0.4) is 0 Å². The van der Waals surface area contributed by atoms with Crippen LogP contribution in [0.25, 0.3) is 0 Å². The van der Waals surface area contributed by atoms with Crippen LogP contribution >= 0.6 is 0 Å². The lowest BCUT2D eigenvalue weighted by atomic mass is 10.1. The van der Waals surface area contributed by atoms with Gasteiger partial charge >= 0.3 is 12.1 Å². The number of hydrogen-bond donors (Lipinski definition) is 0. The summed E-state index contributed by atoms with van der Waals surface area (Å²) in [4.78, 5) is 37.3. The summed E-state index contributed by atoms with van der Waals surface area (Å²) in [7, 11) is 0. The third-order valence-electron chi connectivity index (χ3n) is 4.02. The first-order valence-electron chi connectivity index (χ1n) is 9.15. The highest BCUT2D eigenvalue weighted by atomic mass is 16.6. The Labute approximate surface area is 159 Å². The average molecular weight is 377 g/mol. The molecule has 1 amide bonds. The molecular weight excluding hydrogens is 350 g/mol. The van der Waals surface area contributed by atoms with Crippen molar-refractivity contribution in [1.29, 1.82) is 0 Å². The molecule has 1 atom stereocenters. The monoisotopic (exact) mass is 377 g/mol. The second-order valence-electron chi connectivity index (χ2n) is 7.35. The van der Waals surface area contributed by atoms with Gasteiger partial charge in [-0.2, -0.15) is 0 Å². The lowest BCUT2D eigenvalue weighted by Gasteiger charge is -2.28. The number of ketones is 1. The fourth-order valence-corrected chi connectivity index (χ4v) is 2.78. The molecule has 7 heteroatoms. The van der Waals surface area contributed by atoms with Gasteiger partial charge in [-0.15, -0.1) is 0 Å². The SMILES string of the molecule is CCOC(=O)C(=O)c1ccc(OC[C@@H]2CCCN2C(=O)OC(C)(C)C)cc1. The van der Waals surface area contributed by atoms with E-state index in [9.17, 15) is 14.4 Å². The van der Waals surface area contributed by atoms with Gasteiger partial charge in [0.05, 0.1) is 12.6 Å². The minimum absolute atomic E-state index is 0.0549. The van der Waals surface area contributed by atoms with Gasteiger partial charge in [0, 0.05) is 12.1 Å². The molecule has 1 aliphatic heterocycles. The van der Waals surface area contributed by atoms with Crippen molar-refractivity contribution in [3.63, 3.8) is 0 Å². The highest BCUT2D eigenvalue weighted by Crippen LogP contribution is 2.22. The van der Waals surface area contributed by atoms with Crippen LogP contribution in [0.1, 0.15) is 50.9 Å². The second kappa shape index (κ2) is 8.88. The molecule has 1 fully saturated rings. The van der Waals surface area contributed by atoms with Crippen LogP contribution < -0.4 is 4.74 Å². The maximum Gasteiger partial charge on any atom is 0.410 e. The van der Waals surface area contributed by atoms with Crippen LogP contribution in [0.2, 0.25) is 0 Å². The van der Waals surface area contributed by atoms with E-state index in [0.717, 1.165) is 12.8 Å². The van der Waals surface area contributed by atoms with E-state index in [1.54, 1.807) is 24.0 Å². The largest absolute Gasteiger partial charge is 0.491 e. The van der Waals surface area contributed by atoms with E-state index in [-0.39, 0.29) is 24.3 Å². The standard InChI is InChI=1S/C20H27NO6/c1-5-25-18(23)17(22)14-8-10-16(11-9-14)26-13-15-7-6-12-21(15)19(24)27-20(2,3)4/h8-11,15H,5-7,12-13H2,1-4H3/t15-/m0/s1. The highest BCUT2D eigenvalue weighted by molar-refractivity contribution is 6.40. The van der Waals surface area contributed by atoms with Gasteiger partial charge < -0.3 is 19.1 Å². The van der Waals surface area contributed by atoms with Gasteiger partial charge in [-0.25, -0.2) is 9.59 Å². The van der Waals surface area contributed by atoms with Gasteiger partial charge in [-0.05, 0) is 64.8 Å². The number of amides is 1. The molecule has 0 aromatic heterocycles. The number of esters is 1. The van der Waals surface area contributed by atoms with Crippen LogP contribution in [0, 0.1) is 0 Å². The Bertz CT molecular complexity index is 677. The Morgan fingerprint density at radius 1 is 1.15 bits per heavy atom. The van der Waals surface area contributed by atoms with E-state index in [1.165, 1.54) is 12.1 Å². The maximum atomic E-state index is 12.3. The summed E-state index contributed by atoms with van der Waals surface area (Å²) in [6, 6.07) is 6.24. The molecule has 0 saturated carbocycles. The quantitative estimate of drug-likeness (QED) is 0.430. The molecule has 148 valence electrons. The van der Waals surface area contributed by atoms with Gasteiger partial charge in [0.15, 0.2) is 0 Å². The summed E-state index contributed by atoms with van der Waals surface area (Å²) in [5, 5.41) is 0. The number of rotatable bonds is 6. The molecule has 0 N–H and O–H groups in total. The van der Waals surface area contributed by atoms with Crippen molar-refractivity contribution in [2.24, 2.45) is 0 Å². The molecule has 1 aromatic rings. The van der Waals surface area contributed by atoms with E-state index in [0.29, 0.717) is 18.9 Å². The molecule has 0 spiro atoms. The predicted molar refractivity (Wildman–Crippen MR) is 98.9 cm³/mol. The fourth-order valence-electron chi connectivity index (χ4n) is 2.78. The molecule has 1 aliphatic rings. The molecule has 27 heavy (non-hydrogen) atoms.